The lowest BCUT2D eigenvalue weighted by atomic mass is 9.80. The Balaban J connectivity index is 0.000000171. The fourth-order valence-electron chi connectivity index (χ4n) is 12.9. The number of anilines is 2. The van der Waals surface area contributed by atoms with E-state index in [0.717, 1.165) is 156 Å². The second kappa shape index (κ2) is 34.6. The van der Waals surface area contributed by atoms with Gasteiger partial charge in [-0.1, -0.05) is 42.5 Å². The van der Waals surface area contributed by atoms with Gasteiger partial charge in [0.15, 0.2) is 6.29 Å². The summed E-state index contributed by atoms with van der Waals surface area (Å²) in [7, 11) is 0. The maximum absolute atomic E-state index is 13.7. The Kier molecular flexibility index (Phi) is 26.6. The highest BCUT2D eigenvalue weighted by molar-refractivity contribution is 5.83. The summed E-state index contributed by atoms with van der Waals surface area (Å²) in [6, 6.07) is 27.2. The third kappa shape index (κ3) is 20.8. The molecule has 0 aliphatic heterocycles. The Bertz CT molecular complexity index is 3560. The van der Waals surface area contributed by atoms with Crippen LogP contribution >= 0.6 is 0 Å². The number of benzene rings is 5. The number of amides is 1. The van der Waals surface area contributed by atoms with E-state index >= 15 is 0 Å². The number of halogens is 1. The number of nitrogens with one attached hydrogen (secondary N) is 4. The van der Waals surface area contributed by atoms with E-state index in [9.17, 15) is 38.9 Å². The van der Waals surface area contributed by atoms with E-state index in [1.54, 1.807) is 66.7 Å². The average molecular weight is 1290 g/mol. The van der Waals surface area contributed by atoms with Gasteiger partial charge in [-0.15, -0.1) is 0 Å². The molecule has 4 aliphatic carbocycles. The minimum Gasteiger partial charge on any atom is -0.506 e. The van der Waals surface area contributed by atoms with Crippen molar-refractivity contribution in [1.29, 1.82) is 0 Å². The molecule has 3 aromatic heterocycles. The van der Waals surface area contributed by atoms with Crippen molar-refractivity contribution in [2.75, 3.05) is 18.1 Å². The van der Waals surface area contributed by atoms with Crippen LogP contribution < -0.4 is 22.9 Å². The summed E-state index contributed by atoms with van der Waals surface area (Å²) in [6.07, 6.45) is 15.4. The molecule has 1 amide bonds. The predicted molar refractivity (Wildman–Crippen MR) is 351 cm³/mol. The molecule has 12 rings (SSSR count). The quantitative estimate of drug-likeness (QED) is 0.0196. The number of rotatable bonds is 15. The Hall–Kier alpha value is -9.00. The number of phenolic OH excluding ortho intramolecular Hbond substituents is 4. The fourth-order valence-corrected chi connectivity index (χ4v) is 12.9. The minimum atomic E-state index is -1.21. The van der Waals surface area contributed by atoms with Crippen LogP contribution in [0.25, 0.3) is 33.1 Å². The zero-order chi connectivity index (χ0) is 65.8. The van der Waals surface area contributed by atoms with Crippen molar-refractivity contribution in [3.05, 3.63) is 126 Å². The molecule has 0 radical (unpaired) electrons. The molecule has 0 atom stereocenters. The van der Waals surface area contributed by atoms with Crippen molar-refractivity contribution in [3.63, 3.8) is 0 Å². The molecule has 0 bridgehead atoms. The van der Waals surface area contributed by atoms with Gasteiger partial charge in [-0.25, -0.2) is 19.3 Å². The Labute approximate surface area is 539 Å². The number of hydrogen-bond acceptors (Lipinski definition) is 17. The number of aromatic nitrogens is 6. The first-order chi connectivity index (χ1) is 44.2. The number of aliphatic hydroxyl groups is 2. The van der Waals surface area contributed by atoms with E-state index in [4.69, 9.17) is 41.7 Å². The number of para-hydroxylation sites is 4. The van der Waals surface area contributed by atoms with Gasteiger partial charge in [0.25, 0.3) is 0 Å². The normalized spacial score (nSPS) is 21.0. The third-order valence-electron chi connectivity index (χ3n) is 18.2. The molecule has 0 unspecified atom stereocenters. The summed E-state index contributed by atoms with van der Waals surface area (Å²) in [5.41, 5.74) is 16.2. The number of nitrogens with two attached hydrogens (primary N) is 2. The van der Waals surface area contributed by atoms with Crippen LogP contribution in [0.4, 0.5) is 15.8 Å². The molecule has 4 aliphatic rings. The Morgan fingerprint density at radius 3 is 1.27 bits per heavy atom. The van der Waals surface area contributed by atoms with Crippen molar-refractivity contribution in [3.8, 4) is 23.0 Å². The second-order valence-electron chi connectivity index (χ2n) is 24.8. The van der Waals surface area contributed by atoms with Crippen molar-refractivity contribution in [2.45, 2.75) is 148 Å². The van der Waals surface area contributed by atoms with E-state index in [2.05, 4.69) is 35.2 Å². The number of ether oxygens (including phenoxy) is 1. The SMILES string of the molecule is CCOC(=O)C1CCC(CC(O)O)CC1.N.Nc1cccc(O)c1N.O=C(NCc1ccccc1F)C1CCC(Cc2nc3c(O)cccc3[nH]2)CC1.O=C(O)C1CCC(Cc2nc3c(O)cccc3[nH]2)CC1.O=C(O)C1CCC(Cc2nc3c(O)cccc3[nH]2)CC1. The third-order valence-corrected chi connectivity index (χ3v) is 18.2. The molecule has 0 spiro atoms. The summed E-state index contributed by atoms with van der Waals surface area (Å²) in [5.74, 6) is 2.97. The van der Waals surface area contributed by atoms with Gasteiger partial charge < -0.3 is 83.5 Å². The molecule has 8 aromatic rings. The fraction of sp³-hybridized carbons (Fsp3) is 0.464. The van der Waals surface area contributed by atoms with E-state index < -0.39 is 18.2 Å². The zero-order valence-electron chi connectivity index (χ0n) is 52.7. The van der Waals surface area contributed by atoms with Crippen LogP contribution in [0.5, 0.6) is 23.0 Å². The molecule has 24 heteroatoms. The van der Waals surface area contributed by atoms with Gasteiger partial charge in [0.1, 0.15) is 62.8 Å². The van der Waals surface area contributed by atoms with Crippen LogP contribution in [0.2, 0.25) is 0 Å². The first-order valence-corrected chi connectivity index (χ1v) is 32.0. The summed E-state index contributed by atoms with van der Waals surface area (Å²) in [5, 5.41) is 76.8. The van der Waals surface area contributed by atoms with Crippen LogP contribution in [-0.4, -0.2) is 107 Å². The van der Waals surface area contributed by atoms with Crippen molar-refractivity contribution in [1.82, 2.24) is 41.4 Å². The highest BCUT2D eigenvalue weighted by Gasteiger charge is 2.31. The smallest absolute Gasteiger partial charge is 0.308 e. The number of hydrogen-bond donors (Lipinski definition) is 15. The summed E-state index contributed by atoms with van der Waals surface area (Å²) >= 11 is 0. The number of nitrogens with zero attached hydrogens (tertiary/aromatic N) is 3. The summed E-state index contributed by atoms with van der Waals surface area (Å²) in [4.78, 5) is 68.8. The Morgan fingerprint density at radius 2 is 0.903 bits per heavy atom. The lowest BCUT2D eigenvalue weighted by Crippen LogP contribution is -2.33. The highest BCUT2D eigenvalue weighted by Crippen LogP contribution is 2.36. The van der Waals surface area contributed by atoms with Gasteiger partial charge in [0, 0.05) is 43.7 Å². The monoisotopic (exact) mass is 1290 g/mol. The predicted octanol–water partition coefficient (Wildman–Crippen LogP) is 11.3. The molecule has 0 saturated heterocycles. The van der Waals surface area contributed by atoms with E-state index in [0.29, 0.717) is 64.5 Å². The van der Waals surface area contributed by atoms with Crippen LogP contribution in [-0.2, 0) is 49.7 Å². The summed E-state index contributed by atoms with van der Waals surface area (Å²) in [6.45, 7) is 2.48. The number of imidazole rings is 3. The number of aromatic hydroxyl groups is 4. The van der Waals surface area contributed by atoms with Crippen LogP contribution in [0.1, 0.15) is 139 Å². The van der Waals surface area contributed by atoms with E-state index in [-0.39, 0.29) is 82.7 Å². The average Bonchev–Trinajstić information content (AvgIpc) is 1.71. The van der Waals surface area contributed by atoms with Gasteiger partial charge in [0.2, 0.25) is 5.91 Å². The second-order valence-corrected chi connectivity index (χ2v) is 24.8. The van der Waals surface area contributed by atoms with Gasteiger partial charge in [0.05, 0.1) is 52.3 Å². The Morgan fingerprint density at radius 1 is 0.527 bits per heavy atom. The molecule has 4 fully saturated rings. The molecule has 4 saturated carbocycles. The van der Waals surface area contributed by atoms with Crippen LogP contribution in [0, 0.1) is 53.2 Å². The van der Waals surface area contributed by atoms with E-state index in [1.807, 2.05) is 25.1 Å². The van der Waals surface area contributed by atoms with Crippen molar-refractivity contribution < 1.29 is 69.2 Å². The number of carbonyl (C=O) groups excluding carboxylic acids is 2. The number of H-pyrrole nitrogens is 3. The molecule has 502 valence electrons. The first-order valence-electron chi connectivity index (χ1n) is 32.0. The minimum absolute atomic E-state index is 0. The molecule has 5 aromatic carbocycles. The summed E-state index contributed by atoms with van der Waals surface area (Å²) < 4.78 is 18.6. The number of fused-ring (bicyclic) bond motifs is 3. The number of aromatic amines is 3. The topological polar surface area (TPSA) is 424 Å². The molecule has 23 nitrogen and oxygen atoms in total. The molecular weight excluding hydrogens is 1200 g/mol. The number of phenols is 4. The number of aliphatic carboxylic acids is 2. The standard InChI is InChI=1S/C22H24FN3O2.2C15H18N2O3.C11H20O4.C6H8N2O.H3N/c23-17-5-2-1-4-16(17)13-24-22(28)15-10-8-14(9-11-15)12-20-25-18-6-3-7-19(27)21(18)26-20;2*18-12-3-1-2-11-14(12)17-13(16-11)8-9-4-6-10(7-5-9)15(19)20;1-2-15-11(14)9-5-3-8(4-6-9)7-10(12)13;7-4-2-1-3-5(9)6(4)8;/h1-7,14-15,27H,8-13H2,(H,24,28)(H,25,26);2*1-3,9-10,18H,4-8H2,(H,16,17)(H,19,20);8-10,12-13H,2-7H2,1H3;1-3,9H,7-8H2;1H3. The zero-order valence-corrected chi connectivity index (χ0v) is 52.7. The van der Waals surface area contributed by atoms with E-state index in [1.165, 1.54) is 12.1 Å². The lowest BCUT2D eigenvalue weighted by Gasteiger charge is -2.27. The van der Waals surface area contributed by atoms with Crippen molar-refractivity contribution >= 4 is 68.3 Å². The van der Waals surface area contributed by atoms with Gasteiger partial charge in [-0.3, -0.25) is 19.2 Å². The van der Waals surface area contributed by atoms with Crippen LogP contribution in [0.3, 0.4) is 0 Å². The van der Waals surface area contributed by atoms with Gasteiger partial charge >= 0.3 is 17.9 Å². The number of aliphatic hydroxyl groups excluding tert-OH is 1. The number of nitrogen functional groups attached to an aromatic ring is 2. The molecule has 19 N–H and O–H groups in total. The van der Waals surface area contributed by atoms with Crippen LogP contribution in [0.15, 0.2) is 97.1 Å². The number of carbonyl (C=O) groups is 4. The van der Waals surface area contributed by atoms with Crippen molar-refractivity contribution in [2.24, 2.45) is 47.3 Å². The van der Waals surface area contributed by atoms with Gasteiger partial charge in [-0.05, 0) is 188 Å². The largest absolute Gasteiger partial charge is 0.506 e. The molecular formula is C69H91FN10O13. The molecule has 3 heterocycles. The first kappa shape index (κ1) is 71.4. The highest BCUT2D eigenvalue weighted by atomic mass is 19.1. The van der Waals surface area contributed by atoms with Gasteiger partial charge in [-0.2, -0.15) is 0 Å². The number of esters is 1. The lowest BCUT2D eigenvalue weighted by molar-refractivity contribution is -0.149. The molecule has 93 heavy (non-hydrogen) atoms. The maximum atomic E-state index is 13.7. The maximum Gasteiger partial charge on any atom is 0.308 e. The number of carboxylic acid groups (broad SMARTS) is 2. The number of carboxylic acids is 2.